The third-order valence-corrected chi connectivity index (χ3v) is 3.48. The van der Waals surface area contributed by atoms with Gasteiger partial charge >= 0.3 is 0 Å². The zero-order chi connectivity index (χ0) is 12.7. The minimum atomic E-state index is 0.0844. The fraction of sp³-hybridized carbons (Fsp3) is 0.750. The van der Waals surface area contributed by atoms with Gasteiger partial charge in [-0.1, -0.05) is 20.8 Å². The summed E-state index contributed by atoms with van der Waals surface area (Å²) in [5.41, 5.74) is 1.22. The predicted octanol–water partition coefficient (Wildman–Crippen LogP) is 1.54. The van der Waals surface area contributed by atoms with Crippen molar-refractivity contribution >= 4 is 11.3 Å². The molecular formula is C12H22N2O2S. The van der Waals surface area contributed by atoms with Crippen molar-refractivity contribution in [2.24, 2.45) is 0 Å². The molecule has 0 aliphatic rings. The van der Waals surface area contributed by atoms with Gasteiger partial charge in [0.2, 0.25) is 0 Å². The van der Waals surface area contributed by atoms with Crippen LogP contribution in [-0.4, -0.2) is 36.5 Å². The van der Waals surface area contributed by atoms with E-state index in [1.807, 2.05) is 0 Å². The highest BCUT2D eigenvalue weighted by Gasteiger charge is 2.17. The van der Waals surface area contributed by atoms with Crippen LogP contribution in [-0.2, 0) is 16.7 Å². The molecule has 0 fully saturated rings. The summed E-state index contributed by atoms with van der Waals surface area (Å²) in [5, 5.41) is 15.1. The molecule has 0 aromatic carbocycles. The minimum Gasteiger partial charge on any atom is -0.394 e. The summed E-state index contributed by atoms with van der Waals surface area (Å²) in [6, 6.07) is 0. The molecule has 0 aliphatic heterocycles. The number of aliphatic hydroxyl groups is 1. The Morgan fingerprint density at radius 1 is 1.41 bits per heavy atom. The number of nitrogens with zero attached hydrogens (tertiary/aromatic N) is 1. The number of aliphatic hydroxyl groups excluding tert-OH is 1. The lowest BCUT2D eigenvalue weighted by atomic mass is 9.98. The number of rotatable bonds is 7. The van der Waals surface area contributed by atoms with Crippen LogP contribution >= 0.6 is 11.3 Å². The summed E-state index contributed by atoms with van der Waals surface area (Å²) >= 11 is 1.71. The highest BCUT2D eigenvalue weighted by Crippen LogP contribution is 2.25. The standard InChI is InChI=1S/C12H22N2O2S/c1-12(2,3)11-14-10(9-17-11)8-13-4-6-16-7-5-15/h9,13,15H,4-8H2,1-3H3. The summed E-state index contributed by atoms with van der Waals surface area (Å²) in [6.45, 7) is 9.19. The van der Waals surface area contributed by atoms with E-state index >= 15 is 0 Å². The van der Waals surface area contributed by atoms with Crippen molar-refractivity contribution < 1.29 is 9.84 Å². The second-order valence-corrected chi connectivity index (χ2v) is 5.76. The van der Waals surface area contributed by atoms with Gasteiger partial charge in [0, 0.05) is 23.9 Å². The van der Waals surface area contributed by atoms with E-state index in [1.54, 1.807) is 11.3 Å². The Labute approximate surface area is 107 Å². The quantitative estimate of drug-likeness (QED) is 0.728. The molecule has 0 aliphatic carbocycles. The molecule has 0 bridgehead atoms. The van der Waals surface area contributed by atoms with Crippen molar-refractivity contribution in [3.8, 4) is 0 Å². The van der Waals surface area contributed by atoms with Crippen molar-refractivity contribution in [2.45, 2.75) is 32.7 Å². The van der Waals surface area contributed by atoms with Crippen LogP contribution in [0.3, 0.4) is 0 Å². The lowest BCUT2D eigenvalue weighted by molar-refractivity contribution is 0.0937. The first-order chi connectivity index (χ1) is 8.04. The Balaban J connectivity index is 2.21. The maximum atomic E-state index is 8.53. The van der Waals surface area contributed by atoms with Crippen LogP contribution in [0.4, 0.5) is 0 Å². The summed E-state index contributed by atoms with van der Waals surface area (Å²) in [7, 11) is 0. The van der Waals surface area contributed by atoms with E-state index in [9.17, 15) is 0 Å². The third kappa shape index (κ3) is 5.59. The average molecular weight is 258 g/mol. The van der Waals surface area contributed by atoms with Crippen LogP contribution < -0.4 is 5.32 Å². The molecule has 1 aromatic heterocycles. The van der Waals surface area contributed by atoms with Gasteiger partial charge < -0.3 is 15.2 Å². The number of aromatic nitrogens is 1. The zero-order valence-electron chi connectivity index (χ0n) is 10.8. The molecule has 0 spiro atoms. The van der Waals surface area contributed by atoms with E-state index in [0.717, 1.165) is 18.8 Å². The highest BCUT2D eigenvalue weighted by atomic mass is 32.1. The molecule has 1 aromatic rings. The van der Waals surface area contributed by atoms with Gasteiger partial charge in [-0.2, -0.15) is 0 Å². The van der Waals surface area contributed by atoms with Gasteiger partial charge in [-0.05, 0) is 0 Å². The van der Waals surface area contributed by atoms with Gasteiger partial charge in [-0.3, -0.25) is 0 Å². The summed E-state index contributed by atoms with van der Waals surface area (Å²) in [6.07, 6.45) is 0. The second kappa shape index (κ2) is 7.06. The van der Waals surface area contributed by atoms with Crippen LogP contribution in [0.15, 0.2) is 5.38 Å². The number of hydrogen-bond donors (Lipinski definition) is 2. The largest absolute Gasteiger partial charge is 0.394 e. The molecule has 17 heavy (non-hydrogen) atoms. The molecule has 0 atom stereocenters. The first-order valence-corrected chi connectivity index (χ1v) is 6.76. The van der Waals surface area contributed by atoms with Gasteiger partial charge in [0.25, 0.3) is 0 Å². The molecular weight excluding hydrogens is 236 g/mol. The summed E-state index contributed by atoms with van der Waals surface area (Å²) < 4.78 is 5.15. The Kier molecular flexibility index (Phi) is 6.05. The molecule has 98 valence electrons. The molecule has 0 amide bonds. The Bertz CT molecular complexity index is 321. The van der Waals surface area contributed by atoms with Crippen molar-refractivity contribution in [2.75, 3.05) is 26.4 Å². The van der Waals surface area contributed by atoms with Crippen LogP contribution in [0.5, 0.6) is 0 Å². The fourth-order valence-electron chi connectivity index (χ4n) is 1.26. The van der Waals surface area contributed by atoms with Crippen LogP contribution in [0.25, 0.3) is 0 Å². The van der Waals surface area contributed by atoms with Crippen LogP contribution in [0, 0.1) is 0 Å². The molecule has 1 heterocycles. The van der Waals surface area contributed by atoms with Crippen molar-refractivity contribution in [1.82, 2.24) is 10.3 Å². The van der Waals surface area contributed by atoms with E-state index in [-0.39, 0.29) is 12.0 Å². The molecule has 5 heteroatoms. The molecule has 2 N–H and O–H groups in total. The fourth-order valence-corrected chi connectivity index (χ4v) is 2.17. The lowest BCUT2D eigenvalue weighted by Crippen LogP contribution is -2.20. The smallest absolute Gasteiger partial charge is 0.0982 e. The van der Waals surface area contributed by atoms with E-state index < -0.39 is 0 Å². The van der Waals surface area contributed by atoms with Gasteiger partial charge in [0.15, 0.2) is 0 Å². The van der Waals surface area contributed by atoms with Gasteiger partial charge in [-0.25, -0.2) is 4.98 Å². The number of thiazole rings is 1. The monoisotopic (exact) mass is 258 g/mol. The van der Waals surface area contributed by atoms with Crippen LogP contribution in [0.1, 0.15) is 31.5 Å². The topological polar surface area (TPSA) is 54.4 Å². The molecule has 4 nitrogen and oxygen atoms in total. The molecule has 1 rings (SSSR count). The van der Waals surface area contributed by atoms with E-state index in [4.69, 9.17) is 9.84 Å². The summed E-state index contributed by atoms with van der Waals surface area (Å²) in [4.78, 5) is 4.59. The van der Waals surface area contributed by atoms with Crippen molar-refractivity contribution in [1.29, 1.82) is 0 Å². The Morgan fingerprint density at radius 2 is 2.18 bits per heavy atom. The first-order valence-electron chi connectivity index (χ1n) is 5.88. The minimum absolute atomic E-state index is 0.0844. The predicted molar refractivity (Wildman–Crippen MR) is 70.4 cm³/mol. The van der Waals surface area contributed by atoms with E-state index in [0.29, 0.717) is 13.2 Å². The van der Waals surface area contributed by atoms with Gasteiger partial charge in [-0.15, -0.1) is 11.3 Å². The SMILES string of the molecule is CC(C)(C)c1nc(CNCCOCCO)cs1. The third-order valence-electron chi connectivity index (χ3n) is 2.16. The number of nitrogens with one attached hydrogen (secondary N) is 1. The van der Waals surface area contributed by atoms with Crippen LogP contribution in [0.2, 0.25) is 0 Å². The first kappa shape index (κ1) is 14.6. The molecule has 0 saturated carbocycles. The average Bonchev–Trinajstić information content (AvgIpc) is 2.71. The lowest BCUT2D eigenvalue weighted by Gasteiger charge is -2.13. The number of ether oxygens (including phenoxy) is 1. The van der Waals surface area contributed by atoms with Crippen molar-refractivity contribution in [3.05, 3.63) is 16.1 Å². The Hall–Kier alpha value is -0.490. The second-order valence-electron chi connectivity index (χ2n) is 4.91. The molecule has 0 saturated heterocycles. The maximum absolute atomic E-state index is 8.53. The van der Waals surface area contributed by atoms with E-state index in [1.165, 1.54) is 5.01 Å². The molecule has 0 unspecified atom stereocenters. The maximum Gasteiger partial charge on any atom is 0.0982 e. The van der Waals surface area contributed by atoms with Crippen molar-refractivity contribution in [3.63, 3.8) is 0 Å². The number of hydrogen-bond acceptors (Lipinski definition) is 5. The van der Waals surface area contributed by atoms with E-state index in [2.05, 4.69) is 36.5 Å². The van der Waals surface area contributed by atoms with Gasteiger partial charge in [0.1, 0.15) is 0 Å². The summed E-state index contributed by atoms with van der Waals surface area (Å²) in [5.74, 6) is 0. The molecule has 0 radical (unpaired) electrons. The normalized spacial score (nSPS) is 12.0. The van der Waals surface area contributed by atoms with Gasteiger partial charge in [0.05, 0.1) is 30.5 Å². The highest BCUT2D eigenvalue weighted by molar-refractivity contribution is 7.09. The Morgan fingerprint density at radius 3 is 2.76 bits per heavy atom. The zero-order valence-corrected chi connectivity index (χ0v) is 11.6.